The smallest absolute Gasteiger partial charge is 0.255 e. The lowest BCUT2D eigenvalue weighted by atomic mass is 10.1. The van der Waals surface area contributed by atoms with Crippen LogP contribution in [0.5, 0.6) is 0 Å². The highest BCUT2D eigenvalue weighted by atomic mass is 16.5. The minimum atomic E-state index is -0.213. The average Bonchev–Trinajstić information content (AvgIpc) is 3.08. The van der Waals surface area contributed by atoms with Crippen molar-refractivity contribution in [1.82, 2.24) is 9.88 Å². The van der Waals surface area contributed by atoms with Crippen LogP contribution in [0.2, 0.25) is 0 Å². The van der Waals surface area contributed by atoms with E-state index in [-0.39, 0.29) is 17.6 Å². The average molecular weight is 312 g/mol. The summed E-state index contributed by atoms with van der Waals surface area (Å²) in [6.07, 6.45) is 3.57. The molecule has 5 nitrogen and oxygen atoms in total. The lowest BCUT2D eigenvalue weighted by Crippen LogP contribution is -2.37. The molecule has 0 radical (unpaired) electrons. The molecule has 1 N–H and O–H groups in total. The summed E-state index contributed by atoms with van der Waals surface area (Å²) in [6.45, 7) is 1.85. The maximum Gasteiger partial charge on any atom is 0.255 e. The second-order valence-corrected chi connectivity index (χ2v) is 5.75. The monoisotopic (exact) mass is 312 g/mol. The summed E-state index contributed by atoms with van der Waals surface area (Å²) in [6, 6.07) is 12.8. The second-order valence-electron chi connectivity index (χ2n) is 5.75. The van der Waals surface area contributed by atoms with Gasteiger partial charge in [0.15, 0.2) is 0 Å². The van der Waals surface area contributed by atoms with Gasteiger partial charge in [-0.2, -0.15) is 0 Å². The zero-order chi connectivity index (χ0) is 16.1. The molecule has 1 aliphatic rings. The number of nitrogens with one attached hydrogen (secondary N) is 1. The molecule has 120 valence electrons. The Morgan fingerprint density at radius 3 is 2.70 bits per heavy atom. The predicted molar refractivity (Wildman–Crippen MR) is 87.2 cm³/mol. The molecule has 0 saturated carbocycles. The summed E-state index contributed by atoms with van der Waals surface area (Å²) in [7, 11) is 0. The van der Waals surface area contributed by atoms with E-state index in [1.807, 2.05) is 30.3 Å². The van der Waals surface area contributed by atoms with Crippen molar-refractivity contribution in [2.75, 3.05) is 13.2 Å². The molecule has 2 heterocycles. The summed E-state index contributed by atoms with van der Waals surface area (Å²) < 4.78 is 5.67. The molecule has 5 heteroatoms. The normalized spacial score (nSPS) is 17.1. The Hall–Kier alpha value is -2.40. The Bertz CT molecular complexity index is 685. The molecule has 1 aromatic carbocycles. The summed E-state index contributed by atoms with van der Waals surface area (Å²) in [4.78, 5) is 28.3. The van der Waals surface area contributed by atoms with Crippen LogP contribution in [0.3, 0.4) is 0 Å². The highest BCUT2D eigenvalue weighted by Crippen LogP contribution is 2.17. The highest BCUT2D eigenvalue weighted by molar-refractivity contribution is 5.93. The van der Waals surface area contributed by atoms with Gasteiger partial charge in [0.25, 0.3) is 5.91 Å². The first-order valence-electron chi connectivity index (χ1n) is 7.86. The molecule has 0 aliphatic carbocycles. The number of amides is 1. The number of aromatic amines is 1. The molecule has 1 aliphatic heterocycles. The van der Waals surface area contributed by atoms with Gasteiger partial charge in [-0.3, -0.25) is 9.59 Å². The van der Waals surface area contributed by atoms with Crippen LogP contribution in [-0.2, 0) is 11.3 Å². The first-order chi connectivity index (χ1) is 11.2. The van der Waals surface area contributed by atoms with E-state index in [1.165, 1.54) is 12.3 Å². The van der Waals surface area contributed by atoms with Crippen LogP contribution in [0, 0.1) is 0 Å². The van der Waals surface area contributed by atoms with Gasteiger partial charge in [0, 0.05) is 32.0 Å². The molecule has 1 atom stereocenters. The molecule has 1 amide bonds. The van der Waals surface area contributed by atoms with Crippen molar-refractivity contribution >= 4 is 5.91 Å². The van der Waals surface area contributed by atoms with Crippen molar-refractivity contribution in [3.05, 3.63) is 70.1 Å². The third kappa shape index (κ3) is 4.07. The van der Waals surface area contributed by atoms with E-state index in [4.69, 9.17) is 4.74 Å². The molecule has 1 saturated heterocycles. The number of ether oxygens (including phenoxy) is 1. The van der Waals surface area contributed by atoms with Gasteiger partial charge in [0.1, 0.15) is 0 Å². The molecule has 23 heavy (non-hydrogen) atoms. The van der Waals surface area contributed by atoms with E-state index < -0.39 is 0 Å². The third-order valence-corrected chi connectivity index (χ3v) is 3.98. The summed E-state index contributed by atoms with van der Waals surface area (Å²) >= 11 is 0. The number of carbonyl (C=O) groups excluding carboxylic acids is 1. The van der Waals surface area contributed by atoms with Gasteiger partial charge < -0.3 is 14.6 Å². The number of pyridine rings is 1. The van der Waals surface area contributed by atoms with E-state index in [2.05, 4.69) is 4.98 Å². The number of nitrogens with zero attached hydrogens (tertiary/aromatic N) is 1. The lowest BCUT2D eigenvalue weighted by Gasteiger charge is -2.25. The number of H-pyrrole nitrogens is 1. The molecule has 2 aromatic rings. The fraction of sp³-hybridized carbons (Fsp3) is 0.333. The zero-order valence-electron chi connectivity index (χ0n) is 12.9. The number of hydrogen-bond acceptors (Lipinski definition) is 3. The van der Waals surface area contributed by atoms with Gasteiger partial charge in [-0.15, -0.1) is 0 Å². The Labute approximate surface area is 134 Å². The van der Waals surface area contributed by atoms with Gasteiger partial charge in [-0.25, -0.2) is 0 Å². The topological polar surface area (TPSA) is 62.4 Å². The number of hydrogen-bond donors (Lipinski definition) is 1. The SMILES string of the molecule is O=C(c1ccc(=O)[nH]c1)N(Cc1ccccc1)CC1CCCO1. The van der Waals surface area contributed by atoms with Crippen molar-refractivity contribution in [1.29, 1.82) is 0 Å². The van der Waals surface area contributed by atoms with Crippen molar-refractivity contribution < 1.29 is 9.53 Å². The van der Waals surface area contributed by atoms with Crippen LogP contribution in [0.25, 0.3) is 0 Å². The van der Waals surface area contributed by atoms with Gasteiger partial charge in [-0.1, -0.05) is 30.3 Å². The van der Waals surface area contributed by atoms with Crippen LogP contribution in [0.4, 0.5) is 0 Å². The molecular weight excluding hydrogens is 292 g/mol. The first-order valence-corrected chi connectivity index (χ1v) is 7.86. The molecular formula is C18H20N2O3. The molecule has 3 rings (SSSR count). The summed E-state index contributed by atoms with van der Waals surface area (Å²) in [5.74, 6) is -0.0967. The van der Waals surface area contributed by atoms with E-state index in [1.54, 1.807) is 11.0 Å². The summed E-state index contributed by atoms with van der Waals surface area (Å²) in [5, 5.41) is 0. The standard InChI is InChI=1S/C18H20N2O3/c21-17-9-8-15(11-19-17)18(22)20(13-16-7-4-10-23-16)12-14-5-2-1-3-6-14/h1-3,5-6,8-9,11,16H,4,7,10,12-13H2,(H,19,21). The zero-order valence-corrected chi connectivity index (χ0v) is 12.9. The van der Waals surface area contributed by atoms with Gasteiger partial charge in [-0.05, 0) is 24.5 Å². The van der Waals surface area contributed by atoms with Crippen molar-refractivity contribution in [3.63, 3.8) is 0 Å². The van der Waals surface area contributed by atoms with Gasteiger partial charge >= 0.3 is 0 Å². The minimum Gasteiger partial charge on any atom is -0.376 e. The number of aromatic nitrogens is 1. The number of carbonyl (C=O) groups is 1. The Kier molecular flexibility index (Phi) is 4.88. The largest absolute Gasteiger partial charge is 0.376 e. The molecule has 1 unspecified atom stereocenters. The fourth-order valence-corrected chi connectivity index (χ4v) is 2.78. The van der Waals surface area contributed by atoms with E-state index in [0.29, 0.717) is 18.7 Å². The van der Waals surface area contributed by atoms with Crippen molar-refractivity contribution in [2.45, 2.75) is 25.5 Å². The second kappa shape index (κ2) is 7.24. The van der Waals surface area contributed by atoms with E-state index >= 15 is 0 Å². The Balaban J connectivity index is 1.79. The van der Waals surface area contributed by atoms with Crippen molar-refractivity contribution in [2.24, 2.45) is 0 Å². The van der Waals surface area contributed by atoms with Gasteiger partial charge in [0.2, 0.25) is 5.56 Å². The number of rotatable bonds is 5. The first kappa shape index (κ1) is 15.5. The fourth-order valence-electron chi connectivity index (χ4n) is 2.78. The van der Waals surface area contributed by atoms with E-state index in [0.717, 1.165) is 25.0 Å². The van der Waals surface area contributed by atoms with Crippen molar-refractivity contribution in [3.8, 4) is 0 Å². The van der Waals surface area contributed by atoms with Crippen LogP contribution in [-0.4, -0.2) is 35.0 Å². The van der Waals surface area contributed by atoms with E-state index in [9.17, 15) is 9.59 Å². The Morgan fingerprint density at radius 2 is 2.04 bits per heavy atom. The molecule has 0 bridgehead atoms. The maximum atomic E-state index is 12.8. The van der Waals surface area contributed by atoms with Crippen LogP contribution in [0.1, 0.15) is 28.8 Å². The molecule has 1 fully saturated rings. The molecule has 0 spiro atoms. The Morgan fingerprint density at radius 1 is 1.22 bits per heavy atom. The van der Waals surface area contributed by atoms with Gasteiger partial charge in [0.05, 0.1) is 11.7 Å². The summed E-state index contributed by atoms with van der Waals surface area (Å²) in [5.41, 5.74) is 1.34. The highest BCUT2D eigenvalue weighted by Gasteiger charge is 2.23. The van der Waals surface area contributed by atoms with Crippen LogP contribution < -0.4 is 5.56 Å². The quantitative estimate of drug-likeness (QED) is 0.920. The van der Waals surface area contributed by atoms with Crippen LogP contribution >= 0.6 is 0 Å². The number of benzene rings is 1. The lowest BCUT2D eigenvalue weighted by molar-refractivity contribution is 0.0507. The minimum absolute atomic E-state index is 0.0884. The molecule has 1 aromatic heterocycles. The third-order valence-electron chi connectivity index (χ3n) is 3.98. The van der Waals surface area contributed by atoms with Crippen LogP contribution in [0.15, 0.2) is 53.5 Å². The maximum absolute atomic E-state index is 12.8. The predicted octanol–water partition coefficient (Wildman–Crippen LogP) is 2.20.